The van der Waals surface area contributed by atoms with Gasteiger partial charge < -0.3 is 9.55 Å². The molecule has 267 valence electrons. The number of thiophene rings is 1. The molecule has 0 amide bonds. The van der Waals surface area contributed by atoms with Crippen LogP contribution in [-0.2, 0) is 20.1 Å². The SMILES string of the molecule is CC(C)c1ccc2c(-c3nc4ccccc4n3-c3c(-c4ccccc4)cccc3-c3ccccc3)[c-]sc2c1.[2H]C([2H])([2H])c1c[c-]c(-c2ccc(C([2H])([2H])[2H])cn2)cc1.[Ir]. The van der Waals surface area contributed by atoms with Gasteiger partial charge in [-0.1, -0.05) is 157 Å². The van der Waals surface area contributed by atoms with Crippen LogP contribution < -0.4 is 0 Å². The topological polar surface area (TPSA) is 30.7 Å². The van der Waals surface area contributed by atoms with Gasteiger partial charge in [0.25, 0.3) is 0 Å². The van der Waals surface area contributed by atoms with Crippen molar-refractivity contribution >= 4 is 32.5 Å². The number of para-hydroxylation sites is 3. The number of fused-ring (bicyclic) bond motifs is 2. The molecule has 0 aliphatic rings. The molecule has 9 rings (SSSR count). The first-order valence-corrected chi connectivity index (χ1v) is 18.3. The second-order valence-electron chi connectivity index (χ2n) is 13.1. The van der Waals surface area contributed by atoms with Gasteiger partial charge in [0, 0.05) is 45.7 Å². The third-order valence-electron chi connectivity index (χ3n) is 9.27. The van der Waals surface area contributed by atoms with Gasteiger partial charge in [0.1, 0.15) is 0 Å². The minimum Gasteiger partial charge on any atom is -0.332 e. The van der Waals surface area contributed by atoms with Crippen LogP contribution >= 0.6 is 11.3 Å². The van der Waals surface area contributed by atoms with E-state index in [0.29, 0.717) is 17.2 Å². The summed E-state index contributed by atoms with van der Waals surface area (Å²) >= 11 is 1.68. The molecule has 9 aromatic rings. The minimum absolute atomic E-state index is 0. The molecule has 3 aromatic heterocycles. The van der Waals surface area contributed by atoms with Gasteiger partial charge in [-0.15, -0.1) is 46.8 Å². The summed E-state index contributed by atoms with van der Waals surface area (Å²) in [7, 11) is 0. The van der Waals surface area contributed by atoms with Crippen molar-refractivity contribution in [1.29, 1.82) is 0 Å². The van der Waals surface area contributed by atoms with Crippen LogP contribution in [-0.4, -0.2) is 14.5 Å². The van der Waals surface area contributed by atoms with Crippen molar-refractivity contribution in [3.05, 3.63) is 186 Å². The monoisotopic (exact) mass is 900 g/mol. The van der Waals surface area contributed by atoms with Crippen LogP contribution in [0.15, 0.2) is 158 Å². The van der Waals surface area contributed by atoms with Gasteiger partial charge in [0.2, 0.25) is 0 Å². The summed E-state index contributed by atoms with van der Waals surface area (Å²) in [5.41, 5.74) is 11.8. The Hall–Kier alpha value is -5.45. The van der Waals surface area contributed by atoms with Gasteiger partial charge in [-0.3, -0.25) is 16.3 Å². The first kappa shape index (κ1) is 29.9. The second-order valence-corrected chi connectivity index (χ2v) is 14.0. The summed E-state index contributed by atoms with van der Waals surface area (Å²) in [6, 6.07) is 53.6. The van der Waals surface area contributed by atoms with Crippen molar-refractivity contribution in [3.8, 4) is 50.6 Å². The van der Waals surface area contributed by atoms with Gasteiger partial charge in [0.15, 0.2) is 0 Å². The van der Waals surface area contributed by atoms with E-state index in [9.17, 15) is 0 Å². The van der Waals surface area contributed by atoms with Crippen LogP contribution in [0.3, 0.4) is 0 Å². The van der Waals surface area contributed by atoms with E-state index in [4.69, 9.17) is 13.2 Å². The molecule has 0 bridgehead atoms. The number of pyridine rings is 1. The van der Waals surface area contributed by atoms with Crippen LogP contribution in [0.4, 0.5) is 0 Å². The van der Waals surface area contributed by atoms with Crippen molar-refractivity contribution in [2.24, 2.45) is 0 Å². The number of nitrogens with zero attached hydrogens (tertiary/aromatic N) is 3. The zero-order chi connectivity index (χ0) is 41.3. The summed E-state index contributed by atoms with van der Waals surface area (Å²) in [6.07, 6.45) is 1.30. The molecule has 0 aliphatic heterocycles. The summed E-state index contributed by atoms with van der Waals surface area (Å²) < 4.78 is 47.2. The molecular formula is C49H39IrN3S-2. The van der Waals surface area contributed by atoms with Crippen LogP contribution in [0.5, 0.6) is 0 Å². The molecule has 0 N–H and O–H groups in total. The molecule has 54 heavy (non-hydrogen) atoms. The Morgan fingerprint density at radius 1 is 0.704 bits per heavy atom. The first-order valence-electron chi connectivity index (χ1n) is 20.5. The van der Waals surface area contributed by atoms with E-state index >= 15 is 0 Å². The molecular weight excluding hydrogens is 855 g/mol. The number of benzene rings is 6. The van der Waals surface area contributed by atoms with Crippen LogP contribution in [0.2, 0.25) is 0 Å². The third kappa shape index (κ3) is 7.49. The van der Waals surface area contributed by atoms with Gasteiger partial charge in [-0.25, -0.2) is 0 Å². The van der Waals surface area contributed by atoms with Crippen LogP contribution in [0.1, 0.15) is 44.7 Å². The van der Waals surface area contributed by atoms with Gasteiger partial charge in [-0.2, -0.15) is 0 Å². The van der Waals surface area contributed by atoms with Gasteiger partial charge >= 0.3 is 0 Å². The van der Waals surface area contributed by atoms with Crippen LogP contribution in [0.25, 0.3) is 71.7 Å². The molecule has 0 saturated heterocycles. The largest absolute Gasteiger partial charge is 0.332 e. The number of hydrogen-bond acceptors (Lipinski definition) is 3. The molecule has 0 atom stereocenters. The van der Waals surface area contributed by atoms with E-state index in [0.717, 1.165) is 28.1 Å². The molecule has 0 fully saturated rings. The summed E-state index contributed by atoms with van der Waals surface area (Å²) in [4.78, 5) is 9.32. The van der Waals surface area contributed by atoms with E-state index in [1.807, 2.05) is 0 Å². The molecule has 1 radical (unpaired) electrons. The fourth-order valence-corrected chi connectivity index (χ4v) is 7.45. The minimum atomic E-state index is -2.18. The predicted octanol–water partition coefficient (Wildman–Crippen LogP) is 13.3. The Bertz CT molecular complexity index is 2750. The molecule has 0 unspecified atom stereocenters. The fraction of sp³-hybridized carbons (Fsp3) is 0.102. The Labute approximate surface area is 343 Å². The van der Waals surface area contributed by atoms with E-state index in [1.54, 1.807) is 23.5 Å². The smallest absolute Gasteiger partial charge is 0.0774 e. The summed E-state index contributed by atoms with van der Waals surface area (Å²) in [5, 5.41) is 4.84. The van der Waals surface area contributed by atoms with E-state index in [-0.39, 0.29) is 31.2 Å². The Morgan fingerprint density at radius 2 is 1.39 bits per heavy atom. The predicted molar refractivity (Wildman–Crippen MR) is 224 cm³/mol. The number of aryl methyl sites for hydroxylation is 2. The molecule has 6 aromatic carbocycles. The zero-order valence-corrected chi connectivity index (χ0v) is 32.9. The fourth-order valence-electron chi connectivity index (χ4n) is 6.56. The standard InChI is InChI=1S/C36H27N2S.C13H12N.Ir/c1-24(2)27-20-21-30-31(23-39-34(30)22-27)36-37-32-18-9-10-19-33(32)38(36)35-28(25-12-5-3-6-13-25)16-11-17-29(35)26-14-7-4-8-15-26;1-10-3-6-12(7-4-10)13-8-5-11(2)9-14-13;/h3-22,24H,1-2H3;3-6,8-9H,1-2H3;/q2*-1;/i;1D3,2D3;. The number of aromatic nitrogens is 3. The van der Waals surface area contributed by atoms with Crippen molar-refractivity contribution < 1.29 is 28.3 Å². The Morgan fingerprint density at radius 3 is 2.02 bits per heavy atom. The molecule has 5 heteroatoms. The van der Waals surface area contributed by atoms with Gasteiger partial charge in [-0.05, 0) is 47.3 Å². The van der Waals surface area contributed by atoms with Crippen molar-refractivity contribution in [2.45, 2.75) is 33.5 Å². The third-order valence-corrected chi connectivity index (χ3v) is 10.1. The van der Waals surface area contributed by atoms with E-state index < -0.39 is 13.7 Å². The number of rotatable bonds is 6. The molecule has 3 heterocycles. The molecule has 3 nitrogen and oxygen atoms in total. The quantitative estimate of drug-likeness (QED) is 0.156. The molecule has 0 spiro atoms. The summed E-state index contributed by atoms with van der Waals surface area (Å²) in [5.74, 6) is 1.40. The average Bonchev–Trinajstić information content (AvgIpc) is 3.85. The number of imidazole rings is 1. The normalized spacial score (nSPS) is 13.1. The summed E-state index contributed by atoms with van der Waals surface area (Å²) in [6.45, 7) is 0.142. The Balaban J connectivity index is 0.000000220. The average molecular weight is 900 g/mol. The van der Waals surface area contributed by atoms with E-state index in [1.165, 1.54) is 62.3 Å². The maximum absolute atomic E-state index is 7.28. The molecule has 0 saturated carbocycles. The zero-order valence-electron chi connectivity index (χ0n) is 35.7. The van der Waals surface area contributed by atoms with Crippen LogP contribution in [0, 0.1) is 25.2 Å². The Kier molecular flexibility index (Phi) is 9.03. The second kappa shape index (κ2) is 16.3. The molecule has 0 aliphatic carbocycles. The van der Waals surface area contributed by atoms with Gasteiger partial charge in [0.05, 0.1) is 22.5 Å². The van der Waals surface area contributed by atoms with Crippen molar-refractivity contribution in [3.63, 3.8) is 0 Å². The first-order chi connectivity index (χ1) is 28.4. The maximum atomic E-state index is 7.28. The maximum Gasteiger partial charge on any atom is 0.0774 e. The van der Waals surface area contributed by atoms with Crippen molar-refractivity contribution in [1.82, 2.24) is 14.5 Å². The van der Waals surface area contributed by atoms with Crippen molar-refractivity contribution in [2.75, 3.05) is 0 Å². The van der Waals surface area contributed by atoms with E-state index in [2.05, 4.69) is 156 Å². The number of hydrogen-bond donors (Lipinski definition) is 0.